The molecule has 0 bridgehead atoms. The van der Waals surface area contributed by atoms with Crippen LogP contribution in [0.3, 0.4) is 0 Å². The summed E-state index contributed by atoms with van der Waals surface area (Å²) in [7, 11) is 1.50. The quantitative estimate of drug-likeness (QED) is 0.508. The zero-order valence-electron chi connectivity index (χ0n) is 5.52. The van der Waals surface area contributed by atoms with Crippen LogP contribution in [0.15, 0.2) is 0 Å². The Morgan fingerprint density at radius 1 is 1.00 bits per heavy atom. The van der Waals surface area contributed by atoms with Gasteiger partial charge in [-0.3, -0.25) is 0 Å². The van der Waals surface area contributed by atoms with E-state index in [2.05, 4.69) is 5.73 Å². The van der Waals surface area contributed by atoms with Gasteiger partial charge in [-0.1, -0.05) is 0 Å². The highest BCUT2D eigenvalue weighted by Crippen LogP contribution is 2.01. The van der Waals surface area contributed by atoms with Gasteiger partial charge in [-0.25, -0.2) is 0 Å². The first-order valence-electron chi connectivity index (χ1n) is 3.15. The van der Waals surface area contributed by atoms with Gasteiger partial charge in [-0.2, -0.15) is 0 Å². The molecule has 1 rings (SSSR count). The molecule has 0 amide bonds. The molecule has 0 unspecified atom stereocenters. The van der Waals surface area contributed by atoms with Crippen molar-refractivity contribution in [2.75, 3.05) is 20.3 Å². The second-order valence-electron chi connectivity index (χ2n) is 1.67. The first kappa shape index (κ1) is 7.92. The number of hydrogen-bond donors (Lipinski definition) is 1. The molecule has 2 nitrogen and oxygen atoms in total. The highest BCUT2D eigenvalue weighted by Gasteiger charge is 1.94. The van der Waals surface area contributed by atoms with Crippen molar-refractivity contribution in [3.63, 3.8) is 0 Å². The van der Waals surface area contributed by atoms with Gasteiger partial charge < -0.3 is 10.5 Å². The molecule has 1 saturated heterocycles. The Morgan fingerprint density at radius 3 is 1.62 bits per heavy atom. The topological polar surface area (TPSA) is 35.2 Å². The standard InChI is InChI=1S/C5H10O.CH5N/c1-2-4-6-5-3-1;1-2/h1-5H2;2H2,1H3. The molecule has 0 saturated carbocycles. The lowest BCUT2D eigenvalue weighted by atomic mass is 10.2. The minimum absolute atomic E-state index is 1.00. The molecule has 0 spiro atoms. The summed E-state index contributed by atoms with van der Waals surface area (Å²) in [5, 5.41) is 0. The largest absolute Gasteiger partial charge is 0.381 e. The average molecular weight is 117 g/mol. The van der Waals surface area contributed by atoms with Crippen molar-refractivity contribution in [1.82, 2.24) is 0 Å². The molecule has 0 radical (unpaired) electrons. The molecule has 0 atom stereocenters. The average Bonchev–Trinajstić information content (AvgIpc) is 1.96. The lowest BCUT2D eigenvalue weighted by Gasteiger charge is -2.08. The van der Waals surface area contributed by atoms with Crippen LogP contribution in [0.25, 0.3) is 0 Å². The molecule has 8 heavy (non-hydrogen) atoms. The van der Waals surface area contributed by atoms with E-state index < -0.39 is 0 Å². The van der Waals surface area contributed by atoms with Gasteiger partial charge in [-0.05, 0) is 26.3 Å². The summed E-state index contributed by atoms with van der Waals surface area (Å²) in [4.78, 5) is 0. The molecule has 1 aliphatic heterocycles. The normalized spacial score (nSPS) is 18.8. The smallest absolute Gasteiger partial charge is 0.0466 e. The molecule has 1 aliphatic rings. The van der Waals surface area contributed by atoms with Crippen molar-refractivity contribution < 1.29 is 4.74 Å². The number of ether oxygens (including phenoxy) is 1. The van der Waals surface area contributed by atoms with Crippen LogP contribution in [0, 0.1) is 0 Å². The van der Waals surface area contributed by atoms with Crippen LogP contribution in [0.5, 0.6) is 0 Å². The van der Waals surface area contributed by atoms with E-state index in [1.807, 2.05) is 0 Å². The molecule has 2 heteroatoms. The van der Waals surface area contributed by atoms with Gasteiger partial charge in [-0.15, -0.1) is 0 Å². The fraction of sp³-hybridized carbons (Fsp3) is 1.00. The first-order valence-corrected chi connectivity index (χ1v) is 3.15. The number of nitrogens with two attached hydrogens (primary N) is 1. The molecule has 1 fully saturated rings. The van der Waals surface area contributed by atoms with E-state index in [0.717, 1.165) is 13.2 Å². The van der Waals surface area contributed by atoms with Gasteiger partial charge in [0.25, 0.3) is 0 Å². The van der Waals surface area contributed by atoms with Gasteiger partial charge in [0.05, 0.1) is 0 Å². The summed E-state index contributed by atoms with van der Waals surface area (Å²) >= 11 is 0. The van der Waals surface area contributed by atoms with Gasteiger partial charge in [0.2, 0.25) is 0 Å². The van der Waals surface area contributed by atoms with Crippen LogP contribution in [0.4, 0.5) is 0 Å². The molecule has 0 aliphatic carbocycles. The number of hydrogen-bond acceptors (Lipinski definition) is 2. The zero-order valence-corrected chi connectivity index (χ0v) is 5.52. The van der Waals surface area contributed by atoms with E-state index in [9.17, 15) is 0 Å². The minimum atomic E-state index is 1.00. The second-order valence-corrected chi connectivity index (χ2v) is 1.67. The molecule has 0 aromatic rings. The Bertz CT molecular complexity index is 24.0. The molecular formula is C6H15NO. The van der Waals surface area contributed by atoms with Crippen LogP contribution in [-0.2, 0) is 4.74 Å². The van der Waals surface area contributed by atoms with Crippen molar-refractivity contribution in [2.24, 2.45) is 5.73 Å². The van der Waals surface area contributed by atoms with E-state index in [-0.39, 0.29) is 0 Å². The molecular weight excluding hydrogens is 102 g/mol. The fourth-order valence-electron chi connectivity index (χ4n) is 0.687. The molecule has 50 valence electrons. The highest BCUT2D eigenvalue weighted by atomic mass is 16.5. The van der Waals surface area contributed by atoms with Gasteiger partial charge in [0.1, 0.15) is 0 Å². The van der Waals surface area contributed by atoms with E-state index in [1.54, 1.807) is 0 Å². The molecule has 1 heterocycles. The van der Waals surface area contributed by atoms with Crippen LogP contribution in [-0.4, -0.2) is 20.3 Å². The predicted molar refractivity (Wildman–Crippen MR) is 34.8 cm³/mol. The fourth-order valence-corrected chi connectivity index (χ4v) is 0.687. The van der Waals surface area contributed by atoms with Crippen molar-refractivity contribution in [3.05, 3.63) is 0 Å². The molecule has 0 aromatic heterocycles. The first-order chi connectivity index (χ1) is 4.00. The summed E-state index contributed by atoms with van der Waals surface area (Å²) in [6, 6.07) is 0. The summed E-state index contributed by atoms with van der Waals surface area (Å²) in [5.41, 5.74) is 4.50. The maximum absolute atomic E-state index is 5.07. The van der Waals surface area contributed by atoms with Crippen LogP contribution >= 0.6 is 0 Å². The van der Waals surface area contributed by atoms with Gasteiger partial charge in [0, 0.05) is 13.2 Å². The third-order valence-electron chi connectivity index (χ3n) is 1.08. The van der Waals surface area contributed by atoms with Crippen molar-refractivity contribution in [2.45, 2.75) is 19.3 Å². The summed E-state index contributed by atoms with van der Waals surface area (Å²) in [5.74, 6) is 0. The number of rotatable bonds is 0. The summed E-state index contributed by atoms with van der Waals surface area (Å²) < 4.78 is 5.07. The Balaban J connectivity index is 0.000000222. The molecule has 0 aromatic carbocycles. The Kier molecular flexibility index (Phi) is 6.85. The lowest BCUT2D eigenvalue weighted by molar-refractivity contribution is 0.0968. The highest BCUT2D eigenvalue weighted by molar-refractivity contribution is 4.45. The monoisotopic (exact) mass is 117 g/mol. The third-order valence-corrected chi connectivity index (χ3v) is 1.08. The Hall–Kier alpha value is -0.0800. The Morgan fingerprint density at radius 2 is 1.50 bits per heavy atom. The van der Waals surface area contributed by atoms with E-state index in [4.69, 9.17) is 4.74 Å². The van der Waals surface area contributed by atoms with E-state index in [1.165, 1.54) is 26.3 Å². The molecule has 2 N–H and O–H groups in total. The maximum Gasteiger partial charge on any atom is 0.0466 e. The van der Waals surface area contributed by atoms with Gasteiger partial charge in [0.15, 0.2) is 0 Å². The third kappa shape index (κ3) is 4.09. The zero-order chi connectivity index (χ0) is 6.24. The predicted octanol–water partition coefficient (Wildman–Crippen LogP) is 0.762. The van der Waals surface area contributed by atoms with Crippen LogP contribution in [0.1, 0.15) is 19.3 Å². The van der Waals surface area contributed by atoms with Crippen molar-refractivity contribution >= 4 is 0 Å². The van der Waals surface area contributed by atoms with E-state index in [0.29, 0.717) is 0 Å². The second kappa shape index (κ2) is 6.92. The van der Waals surface area contributed by atoms with Crippen LogP contribution < -0.4 is 5.73 Å². The minimum Gasteiger partial charge on any atom is -0.381 e. The SMILES string of the molecule is C1CCOCC1.CN. The van der Waals surface area contributed by atoms with Gasteiger partial charge >= 0.3 is 0 Å². The Labute approximate surface area is 51.0 Å². The van der Waals surface area contributed by atoms with Crippen LogP contribution in [0.2, 0.25) is 0 Å². The van der Waals surface area contributed by atoms with E-state index >= 15 is 0 Å². The summed E-state index contributed by atoms with van der Waals surface area (Å²) in [6.07, 6.45) is 3.93. The van der Waals surface area contributed by atoms with Crippen molar-refractivity contribution in [3.8, 4) is 0 Å². The lowest BCUT2D eigenvalue weighted by Crippen LogP contribution is -2.03. The summed E-state index contributed by atoms with van der Waals surface area (Å²) in [6.45, 7) is 2.00. The van der Waals surface area contributed by atoms with Crippen molar-refractivity contribution in [1.29, 1.82) is 0 Å². The maximum atomic E-state index is 5.07.